The van der Waals surface area contributed by atoms with E-state index in [4.69, 9.17) is 5.73 Å². The van der Waals surface area contributed by atoms with E-state index in [1.165, 1.54) is 11.1 Å². The number of halogens is 1. The first kappa shape index (κ1) is 17.0. The average molecular weight is 297 g/mol. The van der Waals surface area contributed by atoms with Crippen LogP contribution in [-0.2, 0) is 11.2 Å². The van der Waals surface area contributed by atoms with E-state index in [1.807, 2.05) is 4.90 Å². The van der Waals surface area contributed by atoms with E-state index in [2.05, 4.69) is 39.0 Å². The molecule has 20 heavy (non-hydrogen) atoms. The van der Waals surface area contributed by atoms with Crippen molar-refractivity contribution in [1.29, 1.82) is 0 Å². The van der Waals surface area contributed by atoms with Gasteiger partial charge < -0.3 is 10.6 Å². The van der Waals surface area contributed by atoms with Gasteiger partial charge in [-0.15, -0.1) is 12.4 Å². The highest BCUT2D eigenvalue weighted by molar-refractivity contribution is 5.85. The highest BCUT2D eigenvalue weighted by Crippen LogP contribution is 2.19. The molecule has 2 rings (SSSR count). The Morgan fingerprint density at radius 2 is 2.10 bits per heavy atom. The van der Waals surface area contributed by atoms with Crippen LogP contribution in [-0.4, -0.2) is 29.4 Å². The quantitative estimate of drug-likeness (QED) is 0.912. The Balaban J connectivity index is 0.00000200. The molecule has 4 heteroatoms. The summed E-state index contributed by atoms with van der Waals surface area (Å²) in [7, 11) is 0. The molecule has 2 N–H and O–H groups in total. The summed E-state index contributed by atoms with van der Waals surface area (Å²) < 4.78 is 0. The fourth-order valence-corrected chi connectivity index (χ4v) is 2.83. The number of rotatable bonds is 2. The zero-order valence-electron chi connectivity index (χ0n) is 12.6. The number of nitrogens with two attached hydrogens (primary N) is 1. The second-order valence-corrected chi connectivity index (χ2v) is 5.83. The van der Waals surface area contributed by atoms with Crippen molar-refractivity contribution in [2.45, 2.75) is 52.1 Å². The number of aryl methyl sites for hydroxylation is 2. The molecular formula is C16H25ClN2O. The predicted molar refractivity (Wildman–Crippen MR) is 85.3 cm³/mol. The number of carbonyl (C=O) groups excluding carboxylic acids is 1. The van der Waals surface area contributed by atoms with E-state index in [-0.39, 0.29) is 30.4 Å². The van der Waals surface area contributed by atoms with Crippen LogP contribution in [0.4, 0.5) is 0 Å². The third-order valence-electron chi connectivity index (χ3n) is 4.08. The lowest BCUT2D eigenvalue weighted by Gasteiger charge is -2.36. The van der Waals surface area contributed by atoms with E-state index in [0.29, 0.717) is 6.42 Å². The fraction of sp³-hybridized carbons (Fsp3) is 0.562. The summed E-state index contributed by atoms with van der Waals surface area (Å²) in [6.07, 6.45) is 2.34. The standard InChI is InChI=1S/C16H24N2O.ClH/c1-11-4-5-12(2)14(8-11)10-16(19)18-7-6-15(17)9-13(18)3;/h4-5,8,13,15H,6-7,9-10,17H2,1-3H3;1H. The number of likely N-dealkylation sites (tertiary alicyclic amines) is 1. The number of hydrogen-bond donors (Lipinski definition) is 1. The van der Waals surface area contributed by atoms with E-state index in [0.717, 1.165) is 24.9 Å². The van der Waals surface area contributed by atoms with Gasteiger partial charge in [-0.05, 0) is 44.7 Å². The van der Waals surface area contributed by atoms with Gasteiger partial charge in [-0.25, -0.2) is 0 Å². The first-order valence-electron chi connectivity index (χ1n) is 7.08. The van der Waals surface area contributed by atoms with Gasteiger partial charge >= 0.3 is 0 Å². The van der Waals surface area contributed by atoms with Crippen molar-refractivity contribution in [3.05, 3.63) is 34.9 Å². The molecule has 0 bridgehead atoms. The number of benzene rings is 1. The molecule has 0 aliphatic carbocycles. The Labute approximate surface area is 127 Å². The Bertz CT molecular complexity index is 476. The van der Waals surface area contributed by atoms with Gasteiger partial charge in [0.2, 0.25) is 5.91 Å². The van der Waals surface area contributed by atoms with Crippen LogP contribution in [0.3, 0.4) is 0 Å². The Kier molecular flexibility index (Phi) is 6.03. The molecule has 3 nitrogen and oxygen atoms in total. The predicted octanol–water partition coefficient (Wildman–Crippen LogP) is 2.61. The van der Waals surface area contributed by atoms with Gasteiger partial charge in [-0.3, -0.25) is 4.79 Å². The normalized spacial score (nSPS) is 22.3. The lowest BCUT2D eigenvalue weighted by molar-refractivity contribution is -0.133. The Morgan fingerprint density at radius 1 is 1.40 bits per heavy atom. The SMILES string of the molecule is Cc1ccc(C)c(CC(=O)N2CCC(N)CC2C)c1.Cl. The van der Waals surface area contributed by atoms with E-state index < -0.39 is 0 Å². The lowest BCUT2D eigenvalue weighted by atomic mass is 9.97. The molecule has 0 radical (unpaired) electrons. The largest absolute Gasteiger partial charge is 0.340 e. The van der Waals surface area contributed by atoms with Gasteiger partial charge in [0, 0.05) is 18.6 Å². The minimum Gasteiger partial charge on any atom is -0.340 e. The summed E-state index contributed by atoms with van der Waals surface area (Å²) in [5.74, 6) is 0.230. The van der Waals surface area contributed by atoms with Crippen molar-refractivity contribution in [2.75, 3.05) is 6.54 Å². The van der Waals surface area contributed by atoms with Crippen molar-refractivity contribution in [3.63, 3.8) is 0 Å². The summed E-state index contributed by atoms with van der Waals surface area (Å²) in [5, 5.41) is 0. The summed E-state index contributed by atoms with van der Waals surface area (Å²) in [4.78, 5) is 14.4. The fourth-order valence-electron chi connectivity index (χ4n) is 2.83. The van der Waals surface area contributed by atoms with E-state index in [9.17, 15) is 4.79 Å². The maximum atomic E-state index is 12.4. The van der Waals surface area contributed by atoms with Crippen molar-refractivity contribution in [3.8, 4) is 0 Å². The van der Waals surface area contributed by atoms with Crippen molar-refractivity contribution in [1.82, 2.24) is 4.90 Å². The van der Waals surface area contributed by atoms with Crippen LogP contribution in [0.1, 0.15) is 36.5 Å². The number of piperidine rings is 1. The van der Waals surface area contributed by atoms with Crippen LogP contribution in [0, 0.1) is 13.8 Å². The molecule has 1 aromatic carbocycles. The minimum atomic E-state index is 0. The third-order valence-corrected chi connectivity index (χ3v) is 4.08. The first-order valence-corrected chi connectivity index (χ1v) is 7.08. The molecule has 1 aliphatic heterocycles. The van der Waals surface area contributed by atoms with Gasteiger partial charge in [-0.2, -0.15) is 0 Å². The molecule has 2 atom stereocenters. The molecule has 1 aromatic rings. The maximum Gasteiger partial charge on any atom is 0.227 e. The monoisotopic (exact) mass is 296 g/mol. The van der Waals surface area contributed by atoms with Gasteiger partial charge in [0.1, 0.15) is 0 Å². The molecule has 112 valence electrons. The molecule has 1 amide bonds. The Morgan fingerprint density at radius 3 is 2.75 bits per heavy atom. The number of amides is 1. The van der Waals surface area contributed by atoms with Crippen molar-refractivity contribution in [2.24, 2.45) is 5.73 Å². The first-order chi connectivity index (χ1) is 8.97. The van der Waals surface area contributed by atoms with Crippen molar-refractivity contribution >= 4 is 18.3 Å². The number of carbonyl (C=O) groups is 1. The average Bonchev–Trinajstić information content (AvgIpc) is 2.33. The maximum absolute atomic E-state index is 12.4. The van der Waals surface area contributed by atoms with Crippen LogP contribution >= 0.6 is 12.4 Å². The molecule has 1 heterocycles. The molecule has 2 unspecified atom stereocenters. The smallest absolute Gasteiger partial charge is 0.227 e. The van der Waals surface area contributed by atoms with Gasteiger partial charge in [0.05, 0.1) is 6.42 Å². The molecule has 0 saturated carbocycles. The molecular weight excluding hydrogens is 272 g/mol. The highest BCUT2D eigenvalue weighted by atomic mass is 35.5. The highest BCUT2D eigenvalue weighted by Gasteiger charge is 2.26. The molecule has 0 aromatic heterocycles. The summed E-state index contributed by atoms with van der Waals surface area (Å²) in [6.45, 7) is 7.03. The van der Waals surface area contributed by atoms with E-state index >= 15 is 0 Å². The molecule has 1 aliphatic rings. The van der Waals surface area contributed by atoms with Crippen LogP contribution < -0.4 is 5.73 Å². The lowest BCUT2D eigenvalue weighted by Crippen LogP contribution is -2.48. The van der Waals surface area contributed by atoms with Crippen LogP contribution in [0.25, 0.3) is 0 Å². The van der Waals surface area contributed by atoms with Crippen LogP contribution in [0.15, 0.2) is 18.2 Å². The van der Waals surface area contributed by atoms with Crippen LogP contribution in [0.2, 0.25) is 0 Å². The zero-order chi connectivity index (χ0) is 14.0. The van der Waals surface area contributed by atoms with Gasteiger partial charge in [0.15, 0.2) is 0 Å². The summed E-state index contributed by atoms with van der Waals surface area (Å²) in [5.41, 5.74) is 9.50. The van der Waals surface area contributed by atoms with E-state index in [1.54, 1.807) is 0 Å². The van der Waals surface area contributed by atoms with Crippen molar-refractivity contribution < 1.29 is 4.79 Å². The van der Waals surface area contributed by atoms with Gasteiger partial charge in [0.25, 0.3) is 0 Å². The number of hydrogen-bond acceptors (Lipinski definition) is 2. The molecule has 0 spiro atoms. The van der Waals surface area contributed by atoms with Gasteiger partial charge in [-0.1, -0.05) is 23.8 Å². The topological polar surface area (TPSA) is 46.3 Å². The minimum absolute atomic E-state index is 0. The van der Waals surface area contributed by atoms with Crippen LogP contribution in [0.5, 0.6) is 0 Å². The third kappa shape index (κ3) is 3.97. The summed E-state index contributed by atoms with van der Waals surface area (Å²) in [6, 6.07) is 6.81. The summed E-state index contributed by atoms with van der Waals surface area (Å²) >= 11 is 0. The molecule has 1 fully saturated rings. The molecule has 1 saturated heterocycles. The zero-order valence-corrected chi connectivity index (χ0v) is 13.4. The second kappa shape index (κ2) is 7.09. The second-order valence-electron chi connectivity index (χ2n) is 5.83. The number of nitrogens with zero attached hydrogens (tertiary/aromatic N) is 1. The Hall–Kier alpha value is -1.06.